The number of benzene rings is 3. The number of hydrogen-bond donors (Lipinski definition) is 3. The Morgan fingerprint density at radius 2 is 1.72 bits per heavy atom. The van der Waals surface area contributed by atoms with E-state index in [1.54, 1.807) is 48.5 Å². The standard InChI is InChI=1S/C22H21ClN4O2/c23-19-10-9-17(12-20(19)25)26-21(28)14-27(18-7-2-1-3-8-18)22(29)16-6-4-5-15(11-16)13-24/h1-12H,13-14,24-25H2,(H,26,28). The smallest absolute Gasteiger partial charge is 0.258 e. The van der Waals surface area contributed by atoms with Gasteiger partial charge in [-0.05, 0) is 48.0 Å². The summed E-state index contributed by atoms with van der Waals surface area (Å²) >= 11 is 5.92. The Labute approximate surface area is 174 Å². The van der Waals surface area contributed by atoms with E-state index in [0.717, 1.165) is 5.56 Å². The summed E-state index contributed by atoms with van der Waals surface area (Å²) in [5, 5.41) is 3.15. The second-order valence-electron chi connectivity index (χ2n) is 6.42. The third-order valence-electron chi connectivity index (χ3n) is 4.30. The van der Waals surface area contributed by atoms with Gasteiger partial charge in [0.05, 0.1) is 10.7 Å². The molecule has 6 nitrogen and oxygen atoms in total. The highest BCUT2D eigenvalue weighted by atomic mass is 35.5. The first-order valence-electron chi connectivity index (χ1n) is 8.98. The van der Waals surface area contributed by atoms with E-state index < -0.39 is 0 Å². The van der Waals surface area contributed by atoms with E-state index in [-0.39, 0.29) is 18.4 Å². The van der Waals surface area contributed by atoms with Crippen LogP contribution in [0.15, 0.2) is 72.8 Å². The van der Waals surface area contributed by atoms with Crippen molar-refractivity contribution in [2.24, 2.45) is 5.73 Å². The molecular weight excluding hydrogens is 388 g/mol. The van der Waals surface area contributed by atoms with Crippen LogP contribution in [0.25, 0.3) is 0 Å². The zero-order valence-electron chi connectivity index (χ0n) is 15.6. The summed E-state index contributed by atoms with van der Waals surface area (Å²) in [6.07, 6.45) is 0. The molecule has 0 unspecified atom stereocenters. The van der Waals surface area contributed by atoms with Crippen LogP contribution in [0, 0.1) is 0 Å². The molecule has 0 fully saturated rings. The average Bonchev–Trinajstić information content (AvgIpc) is 2.75. The number of nitrogens with one attached hydrogen (secondary N) is 1. The number of para-hydroxylation sites is 1. The lowest BCUT2D eigenvalue weighted by Gasteiger charge is -2.23. The fourth-order valence-corrected chi connectivity index (χ4v) is 2.96. The predicted molar refractivity (Wildman–Crippen MR) is 117 cm³/mol. The van der Waals surface area contributed by atoms with E-state index >= 15 is 0 Å². The summed E-state index contributed by atoms with van der Waals surface area (Å²) < 4.78 is 0. The molecule has 0 radical (unpaired) electrons. The van der Waals surface area contributed by atoms with Gasteiger partial charge in [0.1, 0.15) is 6.54 Å². The number of carbonyl (C=O) groups excluding carboxylic acids is 2. The molecule has 5 N–H and O–H groups in total. The van der Waals surface area contributed by atoms with Gasteiger partial charge < -0.3 is 16.8 Å². The third-order valence-corrected chi connectivity index (χ3v) is 4.65. The highest BCUT2D eigenvalue weighted by Crippen LogP contribution is 2.23. The largest absolute Gasteiger partial charge is 0.397 e. The second kappa shape index (κ2) is 9.23. The minimum absolute atomic E-state index is 0.168. The Balaban J connectivity index is 1.84. The van der Waals surface area contributed by atoms with E-state index in [1.807, 2.05) is 24.3 Å². The lowest BCUT2D eigenvalue weighted by Crippen LogP contribution is -2.38. The molecule has 7 heteroatoms. The van der Waals surface area contributed by atoms with Gasteiger partial charge in [-0.2, -0.15) is 0 Å². The third kappa shape index (κ3) is 5.13. The number of anilines is 3. The van der Waals surface area contributed by atoms with E-state index in [0.29, 0.717) is 34.2 Å². The molecule has 0 aliphatic heterocycles. The van der Waals surface area contributed by atoms with Gasteiger partial charge in [0.15, 0.2) is 0 Å². The number of nitrogens with zero attached hydrogens (tertiary/aromatic N) is 1. The van der Waals surface area contributed by atoms with Crippen LogP contribution in [-0.4, -0.2) is 18.4 Å². The molecule has 0 heterocycles. The predicted octanol–water partition coefficient (Wildman–Crippen LogP) is 3.67. The van der Waals surface area contributed by atoms with Gasteiger partial charge in [-0.3, -0.25) is 14.5 Å². The number of amides is 2. The summed E-state index contributed by atoms with van der Waals surface area (Å²) in [7, 11) is 0. The van der Waals surface area contributed by atoms with Gasteiger partial charge in [0.2, 0.25) is 5.91 Å². The van der Waals surface area contributed by atoms with Crippen LogP contribution in [0.3, 0.4) is 0 Å². The Bertz CT molecular complexity index is 1020. The van der Waals surface area contributed by atoms with Crippen molar-refractivity contribution in [2.75, 3.05) is 22.5 Å². The molecule has 0 aromatic heterocycles. The zero-order chi connectivity index (χ0) is 20.8. The van der Waals surface area contributed by atoms with Crippen LogP contribution in [-0.2, 0) is 11.3 Å². The molecule has 148 valence electrons. The summed E-state index contributed by atoms with van der Waals surface area (Å²) in [5.41, 5.74) is 14.2. The number of rotatable bonds is 6. The summed E-state index contributed by atoms with van der Waals surface area (Å²) in [5.74, 6) is -0.656. The summed E-state index contributed by atoms with van der Waals surface area (Å²) in [6.45, 7) is 0.156. The van der Waals surface area contributed by atoms with E-state index in [1.165, 1.54) is 4.90 Å². The fraction of sp³-hybridized carbons (Fsp3) is 0.0909. The van der Waals surface area contributed by atoms with Crippen LogP contribution in [0.5, 0.6) is 0 Å². The van der Waals surface area contributed by atoms with Gasteiger partial charge in [0.25, 0.3) is 5.91 Å². The maximum absolute atomic E-state index is 13.2. The molecule has 2 amide bonds. The van der Waals surface area contributed by atoms with E-state index in [9.17, 15) is 9.59 Å². The molecule has 29 heavy (non-hydrogen) atoms. The Kier molecular flexibility index (Phi) is 6.49. The van der Waals surface area contributed by atoms with E-state index in [2.05, 4.69) is 5.32 Å². The van der Waals surface area contributed by atoms with Crippen molar-refractivity contribution in [1.29, 1.82) is 0 Å². The summed E-state index contributed by atoms with van der Waals surface area (Å²) in [4.78, 5) is 27.2. The van der Waals surface area contributed by atoms with Crippen molar-refractivity contribution in [3.63, 3.8) is 0 Å². The maximum atomic E-state index is 13.2. The molecule has 0 saturated heterocycles. The molecule has 3 rings (SSSR count). The van der Waals surface area contributed by atoms with Gasteiger partial charge in [0, 0.05) is 23.5 Å². The lowest BCUT2D eigenvalue weighted by molar-refractivity contribution is -0.114. The maximum Gasteiger partial charge on any atom is 0.258 e. The number of nitrogens with two attached hydrogens (primary N) is 2. The molecule has 3 aromatic rings. The van der Waals surface area contributed by atoms with E-state index in [4.69, 9.17) is 23.1 Å². The molecule has 0 aliphatic carbocycles. The normalized spacial score (nSPS) is 10.4. The van der Waals surface area contributed by atoms with Crippen molar-refractivity contribution in [2.45, 2.75) is 6.54 Å². The second-order valence-corrected chi connectivity index (χ2v) is 6.82. The van der Waals surface area contributed by atoms with Crippen LogP contribution in [0.4, 0.5) is 17.1 Å². The van der Waals surface area contributed by atoms with Gasteiger partial charge in [-0.15, -0.1) is 0 Å². The average molecular weight is 409 g/mol. The zero-order valence-corrected chi connectivity index (χ0v) is 16.4. The first kappa shape index (κ1) is 20.4. The highest BCUT2D eigenvalue weighted by molar-refractivity contribution is 6.33. The minimum atomic E-state index is -0.362. The molecule has 0 bridgehead atoms. The quantitative estimate of drug-likeness (QED) is 0.541. The lowest BCUT2D eigenvalue weighted by atomic mass is 10.1. The topological polar surface area (TPSA) is 101 Å². The summed E-state index contributed by atoms with van der Waals surface area (Å²) in [6, 6.07) is 20.9. The van der Waals surface area contributed by atoms with Gasteiger partial charge in [-0.25, -0.2) is 0 Å². The molecular formula is C22H21ClN4O2. The Morgan fingerprint density at radius 1 is 0.966 bits per heavy atom. The van der Waals surface area contributed by atoms with Crippen molar-refractivity contribution >= 4 is 40.5 Å². The number of hydrogen-bond acceptors (Lipinski definition) is 4. The number of halogens is 1. The fourth-order valence-electron chi connectivity index (χ4n) is 2.84. The molecule has 0 saturated carbocycles. The van der Waals surface area contributed by atoms with Crippen molar-refractivity contribution in [3.8, 4) is 0 Å². The number of nitrogen functional groups attached to an aromatic ring is 1. The van der Waals surface area contributed by atoms with Crippen molar-refractivity contribution in [1.82, 2.24) is 0 Å². The van der Waals surface area contributed by atoms with Crippen molar-refractivity contribution in [3.05, 3.63) is 88.9 Å². The van der Waals surface area contributed by atoms with Gasteiger partial charge >= 0.3 is 0 Å². The monoisotopic (exact) mass is 408 g/mol. The minimum Gasteiger partial charge on any atom is -0.397 e. The first-order valence-corrected chi connectivity index (χ1v) is 9.36. The molecule has 0 spiro atoms. The highest BCUT2D eigenvalue weighted by Gasteiger charge is 2.21. The van der Waals surface area contributed by atoms with Crippen LogP contribution in [0.2, 0.25) is 5.02 Å². The molecule has 0 atom stereocenters. The van der Waals surface area contributed by atoms with Crippen molar-refractivity contribution < 1.29 is 9.59 Å². The molecule has 0 aliphatic rings. The first-order chi connectivity index (χ1) is 14.0. The Hall–Kier alpha value is -3.35. The van der Waals surface area contributed by atoms with Crippen LogP contribution >= 0.6 is 11.6 Å². The number of carbonyl (C=O) groups is 2. The van der Waals surface area contributed by atoms with Crippen LogP contribution < -0.4 is 21.7 Å². The Morgan fingerprint density at radius 3 is 2.41 bits per heavy atom. The molecule has 3 aromatic carbocycles. The SMILES string of the molecule is NCc1cccc(C(=O)N(CC(=O)Nc2ccc(Cl)c(N)c2)c2ccccc2)c1. The van der Waals surface area contributed by atoms with Gasteiger partial charge in [-0.1, -0.05) is 41.9 Å². The van der Waals surface area contributed by atoms with Crippen LogP contribution in [0.1, 0.15) is 15.9 Å².